The maximum absolute atomic E-state index is 12.8. The Kier molecular flexibility index (Phi) is 3.50. The van der Waals surface area contributed by atoms with Gasteiger partial charge in [0.25, 0.3) is 0 Å². The summed E-state index contributed by atoms with van der Waals surface area (Å²) < 4.78 is -0.405. The summed E-state index contributed by atoms with van der Waals surface area (Å²) in [4.78, 5) is 17.2. The number of halogens is 1. The summed E-state index contributed by atoms with van der Waals surface area (Å²) >= 11 is 2.30. The number of hydrogen-bond acceptors (Lipinski definition) is 2. The summed E-state index contributed by atoms with van der Waals surface area (Å²) in [6, 6.07) is 4.48. The van der Waals surface area contributed by atoms with E-state index < -0.39 is 3.42 Å². The zero-order valence-electron chi connectivity index (χ0n) is 11.4. The summed E-state index contributed by atoms with van der Waals surface area (Å²) in [7, 11) is 2.15. The molecular formula is C13H17B2IN2O. The molecule has 0 saturated carbocycles. The van der Waals surface area contributed by atoms with Crippen molar-refractivity contribution in [2.75, 3.05) is 18.0 Å². The number of hydrogen-bond donors (Lipinski definition) is 0. The van der Waals surface area contributed by atoms with Gasteiger partial charge in [-0.15, -0.1) is 0 Å². The molecule has 3 heterocycles. The van der Waals surface area contributed by atoms with E-state index >= 15 is 0 Å². The van der Waals surface area contributed by atoms with Gasteiger partial charge in [0.15, 0.2) is 0 Å². The van der Waals surface area contributed by atoms with E-state index in [1.54, 1.807) is 0 Å². The molecule has 98 valence electrons. The van der Waals surface area contributed by atoms with Gasteiger partial charge in [-0.3, -0.25) is 0 Å². The second-order valence-corrected chi connectivity index (χ2v) is 7.89. The Hall–Kier alpha value is -0.360. The van der Waals surface area contributed by atoms with Gasteiger partial charge < -0.3 is 0 Å². The fourth-order valence-electron chi connectivity index (χ4n) is 3.15. The molecule has 6 heteroatoms. The van der Waals surface area contributed by atoms with Crippen molar-refractivity contribution < 1.29 is 4.79 Å². The third-order valence-electron chi connectivity index (χ3n) is 4.34. The van der Waals surface area contributed by atoms with Gasteiger partial charge in [0, 0.05) is 0 Å². The minimum atomic E-state index is -0.405. The van der Waals surface area contributed by atoms with Gasteiger partial charge in [-0.1, -0.05) is 0 Å². The number of rotatable bonds is 1. The molecule has 1 saturated heterocycles. The molecule has 1 amide bonds. The van der Waals surface area contributed by atoms with E-state index in [2.05, 4.69) is 53.3 Å². The van der Waals surface area contributed by atoms with E-state index in [0.717, 1.165) is 31.5 Å². The number of anilines is 1. The first-order valence-electron chi connectivity index (χ1n) is 6.82. The van der Waals surface area contributed by atoms with Crippen LogP contribution < -0.4 is 4.90 Å². The van der Waals surface area contributed by atoms with Gasteiger partial charge in [0.05, 0.1) is 0 Å². The van der Waals surface area contributed by atoms with E-state index in [-0.39, 0.29) is 5.91 Å². The van der Waals surface area contributed by atoms with Crippen molar-refractivity contribution >= 4 is 49.0 Å². The number of carbonyl (C=O) groups is 1. The number of alkyl halides is 1. The second kappa shape index (κ2) is 4.88. The van der Waals surface area contributed by atoms with Crippen LogP contribution in [0.15, 0.2) is 18.1 Å². The van der Waals surface area contributed by atoms with Crippen LogP contribution >= 0.6 is 22.6 Å². The predicted octanol–water partition coefficient (Wildman–Crippen LogP) is 1.03. The first kappa shape index (κ1) is 13.6. The zero-order chi connectivity index (χ0) is 13.6. The Bertz CT molecular complexity index is 515. The van der Waals surface area contributed by atoms with Crippen LogP contribution in [0, 0.1) is 0 Å². The molecule has 1 atom stereocenters. The normalized spacial score (nSPS) is 28.5. The summed E-state index contributed by atoms with van der Waals surface area (Å²) in [5.41, 5.74) is 2.29. The molecule has 3 nitrogen and oxygen atoms in total. The average molecular weight is 366 g/mol. The fraction of sp³-hybridized carbons (Fsp3) is 0.538. The Morgan fingerprint density at radius 2 is 2.16 bits per heavy atom. The molecule has 2 aliphatic heterocycles. The van der Waals surface area contributed by atoms with Crippen LogP contribution in [0.25, 0.3) is 0 Å². The van der Waals surface area contributed by atoms with Crippen LogP contribution in [0.4, 0.5) is 5.58 Å². The van der Waals surface area contributed by atoms with Crippen LogP contribution in [-0.2, 0) is 8.22 Å². The fourth-order valence-corrected chi connectivity index (χ4v) is 3.86. The van der Waals surface area contributed by atoms with Gasteiger partial charge in [0.2, 0.25) is 0 Å². The SMILES string of the molecule is BN1CCC(N2C(=O)C(C)(I)c3cccbc32)CC1. The molecule has 2 aliphatic rings. The molecule has 0 aliphatic carbocycles. The molecular weight excluding hydrogens is 349 g/mol. The average Bonchev–Trinajstić information content (AvgIpc) is 2.60. The number of carbonyl (C=O) groups excluding carboxylic acids is 1. The number of nitrogens with zero attached hydrogens (tertiary/aromatic N) is 2. The second-order valence-electron chi connectivity index (χ2n) is 5.73. The monoisotopic (exact) mass is 366 g/mol. The van der Waals surface area contributed by atoms with E-state index in [9.17, 15) is 4.79 Å². The molecule has 0 bridgehead atoms. The molecule has 0 radical (unpaired) electrons. The first-order valence-corrected chi connectivity index (χ1v) is 7.90. The van der Waals surface area contributed by atoms with Gasteiger partial charge in [-0.2, -0.15) is 0 Å². The zero-order valence-corrected chi connectivity index (χ0v) is 13.6. The number of amides is 1. The molecule has 3 rings (SSSR count). The van der Waals surface area contributed by atoms with Gasteiger partial charge in [0.1, 0.15) is 0 Å². The van der Waals surface area contributed by atoms with Crippen molar-refractivity contribution in [2.45, 2.75) is 29.2 Å². The maximum atomic E-state index is 12.8. The first-order chi connectivity index (χ1) is 9.01. The third kappa shape index (κ3) is 2.17. The van der Waals surface area contributed by atoms with Crippen molar-refractivity contribution in [3.05, 3.63) is 23.7 Å². The van der Waals surface area contributed by atoms with Crippen LogP contribution in [0.1, 0.15) is 25.3 Å². The van der Waals surface area contributed by atoms with Crippen LogP contribution in [0.2, 0.25) is 0 Å². The summed E-state index contributed by atoms with van der Waals surface area (Å²) in [5.74, 6) is 2.29. The van der Waals surface area contributed by atoms with E-state index in [4.69, 9.17) is 0 Å². The molecule has 0 aromatic carbocycles. The molecule has 19 heavy (non-hydrogen) atoms. The van der Waals surface area contributed by atoms with Crippen molar-refractivity contribution in [3.63, 3.8) is 0 Å². The summed E-state index contributed by atoms with van der Waals surface area (Å²) in [6.07, 6.45) is 2.15. The predicted molar refractivity (Wildman–Crippen MR) is 89.8 cm³/mol. The van der Waals surface area contributed by atoms with Crippen LogP contribution in [0.5, 0.6) is 0 Å². The molecule has 1 aromatic rings. The quantitative estimate of drug-likeness (QED) is 0.422. The number of piperidine rings is 1. The van der Waals surface area contributed by atoms with E-state index in [1.165, 1.54) is 5.56 Å². The molecule has 1 unspecified atom stereocenters. The van der Waals surface area contributed by atoms with Crippen molar-refractivity contribution in [2.24, 2.45) is 0 Å². The Morgan fingerprint density at radius 3 is 2.84 bits per heavy atom. The molecule has 0 spiro atoms. The Balaban J connectivity index is 1.97. The van der Waals surface area contributed by atoms with Gasteiger partial charge in [-0.05, 0) is 0 Å². The van der Waals surface area contributed by atoms with Crippen molar-refractivity contribution in [3.8, 4) is 0 Å². The third-order valence-corrected chi connectivity index (χ3v) is 5.39. The van der Waals surface area contributed by atoms with Crippen LogP contribution in [-0.4, -0.2) is 44.7 Å². The standard InChI is InChI=1S/C13H17B2IN2O/c1-13(16)10-3-2-6-15-11(10)18(12(13)19)9-4-7-17(14)8-5-9/h2-3,6,9H,4-5,7-8,14H2,1H3. The van der Waals surface area contributed by atoms with Crippen LogP contribution in [0.3, 0.4) is 0 Å². The van der Waals surface area contributed by atoms with Crippen molar-refractivity contribution in [1.29, 1.82) is 0 Å². The summed E-state index contributed by atoms with van der Waals surface area (Å²) in [5, 5.41) is 0. The Labute approximate surface area is 129 Å². The molecule has 1 aromatic heterocycles. The summed E-state index contributed by atoms with van der Waals surface area (Å²) in [6.45, 7) is 6.28. The van der Waals surface area contributed by atoms with Gasteiger partial charge in [-0.25, -0.2) is 0 Å². The topological polar surface area (TPSA) is 23.6 Å². The Morgan fingerprint density at radius 1 is 1.47 bits per heavy atom. The number of fused-ring (bicyclic) bond motifs is 1. The van der Waals surface area contributed by atoms with E-state index in [1.807, 2.05) is 19.0 Å². The molecule has 1 fully saturated rings. The van der Waals surface area contributed by atoms with E-state index in [0.29, 0.717) is 6.04 Å². The minimum absolute atomic E-state index is 0.254. The van der Waals surface area contributed by atoms with Crippen molar-refractivity contribution in [1.82, 2.24) is 4.81 Å². The molecule has 0 N–H and O–H groups in total. The van der Waals surface area contributed by atoms with Gasteiger partial charge >= 0.3 is 129 Å².